The highest BCUT2D eigenvalue weighted by molar-refractivity contribution is 9.10. The third kappa shape index (κ3) is 4.37. The number of rotatable bonds is 4. The molecule has 1 aromatic carbocycles. The maximum absolute atomic E-state index is 13.6. The summed E-state index contributed by atoms with van der Waals surface area (Å²) >= 11 is 3.01. The lowest BCUT2D eigenvalue weighted by Crippen LogP contribution is -2.41. The quantitative estimate of drug-likeness (QED) is 0.814. The molecule has 0 radical (unpaired) electrons. The SMILES string of the molecule is CS(=O)(=O)N1CCCC(CNc2cc(Br)c(F)cc2F)C1. The Morgan fingerprint density at radius 2 is 2.10 bits per heavy atom. The van der Waals surface area contributed by atoms with Crippen molar-refractivity contribution in [2.75, 3.05) is 31.2 Å². The van der Waals surface area contributed by atoms with Crippen LogP contribution in [0.2, 0.25) is 0 Å². The molecule has 0 amide bonds. The molecule has 4 nitrogen and oxygen atoms in total. The first-order valence-corrected chi connectivity index (χ1v) is 9.25. The summed E-state index contributed by atoms with van der Waals surface area (Å²) in [5, 5.41) is 2.93. The third-order valence-corrected chi connectivity index (χ3v) is 5.42. The van der Waals surface area contributed by atoms with E-state index in [1.807, 2.05) is 0 Å². The van der Waals surface area contributed by atoms with Crippen LogP contribution in [0.5, 0.6) is 0 Å². The van der Waals surface area contributed by atoms with E-state index in [0.29, 0.717) is 19.6 Å². The van der Waals surface area contributed by atoms with Crippen LogP contribution in [-0.2, 0) is 10.0 Å². The molecule has 21 heavy (non-hydrogen) atoms. The lowest BCUT2D eigenvalue weighted by Gasteiger charge is -2.31. The van der Waals surface area contributed by atoms with Gasteiger partial charge in [-0.2, -0.15) is 0 Å². The smallest absolute Gasteiger partial charge is 0.211 e. The van der Waals surface area contributed by atoms with Crippen molar-refractivity contribution in [3.8, 4) is 0 Å². The van der Waals surface area contributed by atoms with Crippen LogP contribution in [0.1, 0.15) is 12.8 Å². The minimum Gasteiger partial charge on any atom is -0.382 e. The number of sulfonamides is 1. The molecule has 8 heteroatoms. The fourth-order valence-electron chi connectivity index (χ4n) is 2.41. The van der Waals surface area contributed by atoms with E-state index >= 15 is 0 Å². The van der Waals surface area contributed by atoms with Gasteiger partial charge in [-0.25, -0.2) is 21.5 Å². The molecular weight excluding hydrogens is 366 g/mol. The average Bonchev–Trinajstić information content (AvgIpc) is 2.41. The molecule has 1 saturated heterocycles. The largest absolute Gasteiger partial charge is 0.382 e. The average molecular weight is 383 g/mol. The summed E-state index contributed by atoms with van der Waals surface area (Å²) in [6.45, 7) is 1.41. The Kier molecular flexibility index (Phi) is 5.21. The summed E-state index contributed by atoms with van der Waals surface area (Å²) in [6, 6.07) is 2.16. The maximum atomic E-state index is 13.6. The number of anilines is 1. The second-order valence-corrected chi connectivity index (χ2v) is 8.09. The van der Waals surface area contributed by atoms with E-state index in [0.717, 1.165) is 18.9 Å². The minimum absolute atomic E-state index is 0.108. The second kappa shape index (κ2) is 6.58. The Hall–Kier alpha value is -0.730. The van der Waals surface area contributed by atoms with Crippen LogP contribution in [-0.4, -0.2) is 38.6 Å². The number of hydrogen-bond acceptors (Lipinski definition) is 3. The summed E-state index contributed by atoms with van der Waals surface area (Å²) in [5.74, 6) is -1.21. The zero-order valence-corrected chi connectivity index (χ0v) is 14.0. The van der Waals surface area contributed by atoms with Crippen LogP contribution in [0.4, 0.5) is 14.5 Å². The molecule has 0 aromatic heterocycles. The molecule has 118 valence electrons. The number of nitrogens with zero attached hydrogens (tertiary/aromatic N) is 1. The molecule has 1 atom stereocenters. The van der Waals surface area contributed by atoms with Crippen molar-refractivity contribution in [2.45, 2.75) is 12.8 Å². The van der Waals surface area contributed by atoms with E-state index in [9.17, 15) is 17.2 Å². The predicted molar refractivity (Wildman–Crippen MR) is 81.7 cm³/mol. The highest BCUT2D eigenvalue weighted by Crippen LogP contribution is 2.25. The van der Waals surface area contributed by atoms with Gasteiger partial charge < -0.3 is 5.32 Å². The number of hydrogen-bond donors (Lipinski definition) is 1. The molecule has 2 rings (SSSR count). The topological polar surface area (TPSA) is 49.4 Å². The van der Waals surface area contributed by atoms with E-state index in [1.165, 1.54) is 16.6 Å². The summed E-state index contributed by atoms with van der Waals surface area (Å²) in [7, 11) is -3.19. The summed E-state index contributed by atoms with van der Waals surface area (Å²) in [5.41, 5.74) is 0.208. The van der Waals surface area contributed by atoms with Gasteiger partial charge in [-0.1, -0.05) is 0 Å². The minimum atomic E-state index is -3.19. The summed E-state index contributed by atoms with van der Waals surface area (Å²) in [4.78, 5) is 0. The maximum Gasteiger partial charge on any atom is 0.211 e. The molecule has 1 aromatic rings. The van der Waals surface area contributed by atoms with Crippen molar-refractivity contribution in [2.24, 2.45) is 5.92 Å². The van der Waals surface area contributed by atoms with Gasteiger partial charge >= 0.3 is 0 Å². The van der Waals surface area contributed by atoms with Crippen molar-refractivity contribution in [3.63, 3.8) is 0 Å². The van der Waals surface area contributed by atoms with Crippen molar-refractivity contribution in [1.82, 2.24) is 4.31 Å². The molecular formula is C13H17BrF2N2O2S. The van der Waals surface area contributed by atoms with Crippen LogP contribution < -0.4 is 5.32 Å². The van der Waals surface area contributed by atoms with Crippen LogP contribution in [0, 0.1) is 17.6 Å². The van der Waals surface area contributed by atoms with Gasteiger partial charge in [0.15, 0.2) is 0 Å². The molecule has 0 spiro atoms. The van der Waals surface area contributed by atoms with E-state index in [1.54, 1.807) is 0 Å². The van der Waals surface area contributed by atoms with Gasteiger partial charge in [0.25, 0.3) is 0 Å². The predicted octanol–water partition coefficient (Wildman–Crippen LogP) is 2.81. The first-order valence-electron chi connectivity index (χ1n) is 6.61. The molecule has 1 aliphatic rings. The van der Waals surface area contributed by atoms with Crippen LogP contribution in [0.3, 0.4) is 0 Å². The van der Waals surface area contributed by atoms with Gasteiger partial charge in [-0.3, -0.25) is 0 Å². The fourth-order valence-corrected chi connectivity index (χ4v) is 3.69. The van der Waals surface area contributed by atoms with Crippen LogP contribution >= 0.6 is 15.9 Å². The van der Waals surface area contributed by atoms with E-state index in [-0.39, 0.29) is 16.1 Å². The molecule has 1 heterocycles. The van der Waals surface area contributed by atoms with Crippen LogP contribution in [0.25, 0.3) is 0 Å². The molecule has 1 N–H and O–H groups in total. The Labute approximate surface area is 131 Å². The van der Waals surface area contributed by atoms with Gasteiger partial charge in [0.05, 0.1) is 16.4 Å². The Morgan fingerprint density at radius 3 is 2.76 bits per heavy atom. The first kappa shape index (κ1) is 16.6. The van der Waals surface area contributed by atoms with Crippen LogP contribution in [0.15, 0.2) is 16.6 Å². The molecule has 0 bridgehead atoms. The monoisotopic (exact) mass is 382 g/mol. The first-order chi connectivity index (χ1) is 9.77. The van der Waals surface area contributed by atoms with Crippen molar-refractivity contribution in [1.29, 1.82) is 0 Å². The van der Waals surface area contributed by atoms with Crippen molar-refractivity contribution in [3.05, 3.63) is 28.2 Å². The fraction of sp³-hybridized carbons (Fsp3) is 0.538. The number of nitrogens with one attached hydrogen (secondary N) is 1. The Bertz CT molecular complexity index is 625. The number of halogens is 3. The van der Waals surface area contributed by atoms with Crippen molar-refractivity contribution < 1.29 is 17.2 Å². The van der Waals surface area contributed by atoms with Gasteiger partial charge in [0.2, 0.25) is 10.0 Å². The molecule has 0 aliphatic carbocycles. The van der Waals surface area contributed by atoms with Gasteiger partial charge in [0.1, 0.15) is 11.6 Å². The lowest BCUT2D eigenvalue weighted by atomic mass is 9.99. The normalized spacial score (nSPS) is 20.5. The van der Waals surface area contributed by atoms with Crippen molar-refractivity contribution >= 4 is 31.6 Å². The van der Waals surface area contributed by atoms with E-state index in [2.05, 4.69) is 21.2 Å². The Morgan fingerprint density at radius 1 is 1.38 bits per heavy atom. The van der Waals surface area contributed by atoms with E-state index in [4.69, 9.17) is 0 Å². The molecule has 1 unspecified atom stereocenters. The number of piperidine rings is 1. The van der Waals surface area contributed by atoms with Gasteiger partial charge in [-0.15, -0.1) is 0 Å². The summed E-state index contributed by atoms with van der Waals surface area (Å²) < 4.78 is 51.5. The molecule has 1 aliphatic heterocycles. The second-order valence-electron chi connectivity index (χ2n) is 5.26. The highest BCUT2D eigenvalue weighted by Gasteiger charge is 2.25. The summed E-state index contributed by atoms with van der Waals surface area (Å²) in [6.07, 6.45) is 2.86. The van der Waals surface area contributed by atoms with E-state index < -0.39 is 21.7 Å². The molecule has 0 saturated carbocycles. The van der Waals surface area contributed by atoms with Gasteiger partial charge in [-0.05, 0) is 40.8 Å². The number of benzene rings is 1. The van der Waals surface area contributed by atoms with Gasteiger partial charge in [0, 0.05) is 25.7 Å². The Balaban J connectivity index is 1.98. The third-order valence-electron chi connectivity index (χ3n) is 3.54. The zero-order chi connectivity index (χ0) is 15.6. The standard InChI is InChI=1S/C13H17BrF2N2O2S/c1-21(19,20)18-4-2-3-9(8-18)7-17-13-5-10(14)11(15)6-12(13)16/h5-6,9,17H,2-4,7-8H2,1H3. The lowest BCUT2D eigenvalue weighted by molar-refractivity contribution is 0.276. The zero-order valence-electron chi connectivity index (χ0n) is 11.6. The highest BCUT2D eigenvalue weighted by atomic mass is 79.9. The molecule has 1 fully saturated rings.